The predicted octanol–water partition coefficient (Wildman–Crippen LogP) is 3.39. The average molecular weight is 330 g/mol. The standard InChI is InChI=1S/C14H13F3N2O2S/c1-8-3-2-4-9(5-8)11(12(20)21)18-6-10-7-19-13(22-10)14(15,16)17/h2-5,7,11,18H,6H2,1H3,(H,20,21). The normalized spacial score (nSPS) is 13.1. The van der Waals surface area contributed by atoms with Crippen molar-refractivity contribution in [3.63, 3.8) is 0 Å². The third kappa shape index (κ3) is 4.05. The lowest BCUT2D eigenvalue weighted by molar-refractivity contribution is -0.140. The Morgan fingerprint density at radius 3 is 2.73 bits per heavy atom. The predicted molar refractivity (Wildman–Crippen MR) is 75.5 cm³/mol. The van der Waals surface area contributed by atoms with Crippen molar-refractivity contribution in [3.05, 3.63) is 51.5 Å². The minimum absolute atomic E-state index is 0.00133. The highest BCUT2D eigenvalue weighted by molar-refractivity contribution is 7.11. The van der Waals surface area contributed by atoms with Gasteiger partial charge in [-0.05, 0) is 12.5 Å². The molecule has 4 nitrogen and oxygen atoms in total. The SMILES string of the molecule is Cc1cccc(C(NCc2cnc(C(F)(F)F)s2)C(=O)O)c1. The largest absolute Gasteiger partial charge is 0.480 e. The summed E-state index contributed by atoms with van der Waals surface area (Å²) in [6, 6.07) is 5.96. The molecule has 8 heteroatoms. The van der Waals surface area contributed by atoms with Crippen LogP contribution in [0.5, 0.6) is 0 Å². The van der Waals surface area contributed by atoms with Crippen LogP contribution in [0.2, 0.25) is 0 Å². The number of carboxylic acid groups (broad SMARTS) is 1. The third-order valence-corrected chi connectivity index (χ3v) is 3.94. The molecular weight excluding hydrogens is 317 g/mol. The number of rotatable bonds is 5. The summed E-state index contributed by atoms with van der Waals surface area (Å²) >= 11 is 0.500. The van der Waals surface area contributed by atoms with Crippen LogP contribution in [0.15, 0.2) is 30.5 Å². The van der Waals surface area contributed by atoms with Gasteiger partial charge in [0.05, 0.1) is 0 Å². The average Bonchev–Trinajstić information content (AvgIpc) is 2.87. The van der Waals surface area contributed by atoms with Crippen LogP contribution in [0.1, 0.15) is 27.1 Å². The summed E-state index contributed by atoms with van der Waals surface area (Å²) in [5.74, 6) is -1.09. The molecule has 22 heavy (non-hydrogen) atoms. The Labute approximate surface area is 128 Å². The van der Waals surface area contributed by atoms with Crippen molar-refractivity contribution in [1.29, 1.82) is 0 Å². The molecular formula is C14H13F3N2O2S. The first-order valence-electron chi connectivity index (χ1n) is 6.32. The summed E-state index contributed by atoms with van der Waals surface area (Å²) in [6.45, 7) is 1.83. The van der Waals surface area contributed by atoms with E-state index in [-0.39, 0.29) is 6.54 Å². The number of aliphatic carboxylic acids is 1. The molecule has 0 aliphatic heterocycles. The van der Waals surface area contributed by atoms with Crippen LogP contribution in [-0.2, 0) is 17.5 Å². The highest BCUT2D eigenvalue weighted by Gasteiger charge is 2.34. The van der Waals surface area contributed by atoms with Crippen molar-refractivity contribution in [2.24, 2.45) is 0 Å². The number of alkyl halides is 3. The number of benzene rings is 1. The lowest BCUT2D eigenvalue weighted by Crippen LogP contribution is -2.27. The zero-order chi connectivity index (χ0) is 16.3. The number of aryl methyl sites for hydroxylation is 1. The van der Waals surface area contributed by atoms with Crippen LogP contribution >= 0.6 is 11.3 Å². The van der Waals surface area contributed by atoms with E-state index in [1.807, 2.05) is 13.0 Å². The Balaban J connectivity index is 2.10. The fourth-order valence-corrected chi connectivity index (χ4v) is 2.65. The van der Waals surface area contributed by atoms with Crippen molar-refractivity contribution < 1.29 is 23.1 Å². The van der Waals surface area contributed by atoms with Gasteiger partial charge < -0.3 is 5.11 Å². The number of nitrogens with one attached hydrogen (secondary N) is 1. The van der Waals surface area contributed by atoms with Gasteiger partial charge in [0.15, 0.2) is 5.01 Å². The molecule has 0 amide bonds. The molecule has 118 valence electrons. The second-order valence-corrected chi connectivity index (χ2v) is 5.81. The van der Waals surface area contributed by atoms with Crippen LogP contribution in [0, 0.1) is 6.92 Å². The zero-order valence-corrected chi connectivity index (χ0v) is 12.3. The quantitative estimate of drug-likeness (QED) is 0.882. The van der Waals surface area contributed by atoms with Gasteiger partial charge in [0.2, 0.25) is 0 Å². The van der Waals surface area contributed by atoms with Gasteiger partial charge in [-0.3, -0.25) is 10.1 Å². The summed E-state index contributed by atoms with van der Waals surface area (Å²) in [4.78, 5) is 15.0. The maximum atomic E-state index is 12.5. The summed E-state index contributed by atoms with van der Waals surface area (Å²) in [6.07, 6.45) is -3.37. The number of hydrogen-bond acceptors (Lipinski definition) is 4. The Kier molecular flexibility index (Phi) is 4.82. The molecule has 1 aromatic heterocycles. The molecule has 2 rings (SSSR count). The van der Waals surface area contributed by atoms with Crippen LogP contribution < -0.4 is 5.32 Å². The van der Waals surface area contributed by atoms with Crippen LogP contribution in [0.25, 0.3) is 0 Å². The highest BCUT2D eigenvalue weighted by atomic mass is 32.1. The first-order chi connectivity index (χ1) is 10.3. The van der Waals surface area contributed by atoms with Crippen molar-refractivity contribution in [2.75, 3.05) is 0 Å². The minimum Gasteiger partial charge on any atom is -0.480 e. The van der Waals surface area contributed by atoms with E-state index in [1.54, 1.807) is 18.2 Å². The molecule has 1 atom stereocenters. The monoisotopic (exact) mass is 330 g/mol. The fraction of sp³-hybridized carbons (Fsp3) is 0.286. The first kappa shape index (κ1) is 16.4. The van der Waals surface area contributed by atoms with E-state index in [4.69, 9.17) is 0 Å². The molecule has 1 aromatic carbocycles. The van der Waals surface area contributed by atoms with E-state index in [0.29, 0.717) is 21.8 Å². The van der Waals surface area contributed by atoms with Gasteiger partial charge in [0.1, 0.15) is 6.04 Å². The van der Waals surface area contributed by atoms with Crippen LogP contribution in [0.3, 0.4) is 0 Å². The molecule has 0 saturated carbocycles. The number of carbonyl (C=O) groups is 1. The summed E-state index contributed by atoms with van der Waals surface area (Å²) < 4.78 is 37.4. The van der Waals surface area contributed by atoms with Gasteiger partial charge in [0, 0.05) is 17.6 Å². The van der Waals surface area contributed by atoms with Crippen molar-refractivity contribution in [2.45, 2.75) is 25.7 Å². The van der Waals surface area contributed by atoms with Gasteiger partial charge in [-0.1, -0.05) is 29.8 Å². The number of nitrogens with zero attached hydrogens (tertiary/aromatic N) is 1. The van der Waals surface area contributed by atoms with E-state index < -0.39 is 23.2 Å². The van der Waals surface area contributed by atoms with Crippen molar-refractivity contribution in [3.8, 4) is 0 Å². The van der Waals surface area contributed by atoms with Gasteiger partial charge in [-0.2, -0.15) is 13.2 Å². The zero-order valence-electron chi connectivity index (χ0n) is 11.5. The van der Waals surface area contributed by atoms with Crippen LogP contribution in [-0.4, -0.2) is 16.1 Å². The maximum absolute atomic E-state index is 12.5. The van der Waals surface area contributed by atoms with Crippen molar-refractivity contribution in [1.82, 2.24) is 10.3 Å². The molecule has 1 heterocycles. The molecule has 0 spiro atoms. The third-order valence-electron chi connectivity index (χ3n) is 2.90. The highest BCUT2D eigenvalue weighted by Crippen LogP contribution is 2.32. The molecule has 0 aliphatic carbocycles. The molecule has 0 bridgehead atoms. The van der Waals surface area contributed by atoms with E-state index in [0.717, 1.165) is 11.8 Å². The molecule has 0 radical (unpaired) electrons. The second-order valence-electron chi connectivity index (χ2n) is 4.70. The lowest BCUT2D eigenvalue weighted by atomic mass is 10.0. The summed E-state index contributed by atoms with van der Waals surface area (Å²) in [7, 11) is 0. The summed E-state index contributed by atoms with van der Waals surface area (Å²) in [5.41, 5.74) is 1.45. The molecule has 2 aromatic rings. The fourth-order valence-electron chi connectivity index (χ4n) is 1.92. The van der Waals surface area contributed by atoms with E-state index in [1.165, 1.54) is 0 Å². The second kappa shape index (κ2) is 6.45. The maximum Gasteiger partial charge on any atom is 0.443 e. The first-order valence-corrected chi connectivity index (χ1v) is 7.13. The Bertz CT molecular complexity index is 670. The number of halogens is 3. The molecule has 2 N–H and O–H groups in total. The van der Waals surface area contributed by atoms with E-state index in [9.17, 15) is 23.1 Å². The Morgan fingerprint density at radius 2 is 2.18 bits per heavy atom. The topological polar surface area (TPSA) is 62.2 Å². The number of carboxylic acids is 1. The Morgan fingerprint density at radius 1 is 1.45 bits per heavy atom. The molecule has 0 aliphatic rings. The smallest absolute Gasteiger partial charge is 0.443 e. The minimum atomic E-state index is -4.48. The molecule has 1 unspecified atom stereocenters. The van der Waals surface area contributed by atoms with Gasteiger partial charge in [0.25, 0.3) is 0 Å². The summed E-state index contributed by atoms with van der Waals surface area (Å²) in [5, 5.41) is 11.1. The number of hydrogen-bond donors (Lipinski definition) is 2. The van der Waals surface area contributed by atoms with Crippen molar-refractivity contribution >= 4 is 17.3 Å². The number of thiazole rings is 1. The molecule has 0 fully saturated rings. The van der Waals surface area contributed by atoms with E-state index >= 15 is 0 Å². The van der Waals surface area contributed by atoms with Crippen LogP contribution in [0.4, 0.5) is 13.2 Å². The Hall–Kier alpha value is -1.93. The van der Waals surface area contributed by atoms with Gasteiger partial charge in [-0.15, -0.1) is 11.3 Å². The van der Waals surface area contributed by atoms with E-state index in [2.05, 4.69) is 10.3 Å². The number of aromatic nitrogens is 1. The van der Waals surface area contributed by atoms with Gasteiger partial charge >= 0.3 is 12.1 Å². The lowest BCUT2D eigenvalue weighted by Gasteiger charge is -2.14. The van der Waals surface area contributed by atoms with Gasteiger partial charge in [-0.25, -0.2) is 4.98 Å². The molecule has 0 saturated heterocycles.